The molecule has 0 aliphatic carbocycles. The molecule has 0 aromatic carbocycles. The molecule has 0 spiro atoms. The van der Waals surface area contributed by atoms with Crippen LogP contribution in [0.4, 0.5) is 5.82 Å². The van der Waals surface area contributed by atoms with Crippen molar-refractivity contribution in [3.05, 3.63) is 23.9 Å². The topological polar surface area (TPSA) is 28.2 Å². The van der Waals surface area contributed by atoms with Crippen molar-refractivity contribution in [2.75, 3.05) is 11.9 Å². The molecule has 0 radical (unpaired) electrons. The molecular formula is C17H29N3. The van der Waals surface area contributed by atoms with E-state index >= 15 is 0 Å². The lowest BCUT2D eigenvalue weighted by Crippen LogP contribution is -2.39. The largest absolute Gasteiger partial charge is 0.367 e. The minimum absolute atomic E-state index is 0.472. The summed E-state index contributed by atoms with van der Waals surface area (Å²) >= 11 is 0. The third-order valence-corrected chi connectivity index (χ3v) is 4.40. The molecule has 2 heterocycles. The first-order valence-corrected chi connectivity index (χ1v) is 8.10. The van der Waals surface area contributed by atoms with Gasteiger partial charge in [-0.05, 0) is 52.6 Å². The van der Waals surface area contributed by atoms with E-state index in [0.717, 1.165) is 12.2 Å². The summed E-state index contributed by atoms with van der Waals surface area (Å²) in [6, 6.07) is 5.91. The molecule has 2 rings (SSSR count). The van der Waals surface area contributed by atoms with Gasteiger partial charge in [0, 0.05) is 29.9 Å². The van der Waals surface area contributed by atoms with E-state index in [4.69, 9.17) is 0 Å². The van der Waals surface area contributed by atoms with Crippen molar-refractivity contribution in [1.29, 1.82) is 0 Å². The number of hydrogen-bond donors (Lipinski definition) is 1. The fourth-order valence-electron chi connectivity index (χ4n) is 3.05. The summed E-state index contributed by atoms with van der Waals surface area (Å²) in [5, 5.41) is 3.58. The number of likely N-dealkylation sites (tertiary alicyclic amines) is 1. The minimum atomic E-state index is 0.472. The Balaban J connectivity index is 2.25. The monoisotopic (exact) mass is 275 g/mol. The smallest absolute Gasteiger partial charge is 0.130 e. The van der Waals surface area contributed by atoms with Crippen LogP contribution in [0.15, 0.2) is 18.3 Å². The van der Waals surface area contributed by atoms with Crippen LogP contribution in [0.1, 0.15) is 65.0 Å². The number of nitrogens with one attached hydrogen (secondary N) is 1. The zero-order valence-corrected chi connectivity index (χ0v) is 13.4. The number of pyridine rings is 1. The third-order valence-electron chi connectivity index (χ3n) is 4.40. The third kappa shape index (κ3) is 3.51. The normalized spacial score (nSPS) is 21.9. The maximum absolute atomic E-state index is 4.60. The molecule has 1 aromatic rings. The van der Waals surface area contributed by atoms with Crippen LogP contribution in [0.25, 0.3) is 0 Å². The lowest BCUT2D eigenvalue weighted by Gasteiger charge is -2.39. The zero-order valence-electron chi connectivity index (χ0n) is 13.4. The molecule has 1 N–H and O–H groups in total. The highest BCUT2D eigenvalue weighted by Crippen LogP contribution is 2.35. The van der Waals surface area contributed by atoms with Crippen molar-refractivity contribution < 1.29 is 0 Å². The SMILES string of the molecule is CC[C@H](C)Nc1ncccc1[C@H]1CCCCN1C(C)C. The van der Waals surface area contributed by atoms with Gasteiger partial charge in [-0.2, -0.15) is 0 Å². The van der Waals surface area contributed by atoms with Crippen LogP contribution in [0, 0.1) is 0 Å². The maximum Gasteiger partial charge on any atom is 0.130 e. The second kappa shape index (κ2) is 7.07. The van der Waals surface area contributed by atoms with Crippen LogP contribution < -0.4 is 5.32 Å². The predicted molar refractivity (Wildman–Crippen MR) is 86.0 cm³/mol. The summed E-state index contributed by atoms with van der Waals surface area (Å²) in [6.45, 7) is 10.2. The Morgan fingerprint density at radius 3 is 2.85 bits per heavy atom. The average molecular weight is 275 g/mol. The average Bonchev–Trinajstić information content (AvgIpc) is 2.47. The molecule has 0 unspecified atom stereocenters. The van der Waals surface area contributed by atoms with E-state index in [2.05, 4.69) is 55.0 Å². The number of nitrogens with zero attached hydrogens (tertiary/aromatic N) is 2. The van der Waals surface area contributed by atoms with Crippen LogP contribution >= 0.6 is 0 Å². The lowest BCUT2D eigenvalue weighted by molar-refractivity contribution is 0.112. The summed E-state index contributed by atoms with van der Waals surface area (Å²) in [5.41, 5.74) is 1.38. The fraction of sp³-hybridized carbons (Fsp3) is 0.706. The minimum Gasteiger partial charge on any atom is -0.367 e. The van der Waals surface area contributed by atoms with Crippen molar-refractivity contribution in [3.63, 3.8) is 0 Å². The van der Waals surface area contributed by atoms with Gasteiger partial charge in [-0.25, -0.2) is 4.98 Å². The Kier molecular flexibility index (Phi) is 5.41. The van der Waals surface area contributed by atoms with Crippen LogP contribution in [-0.2, 0) is 0 Å². The Morgan fingerprint density at radius 1 is 1.35 bits per heavy atom. The van der Waals surface area contributed by atoms with E-state index in [0.29, 0.717) is 18.1 Å². The molecule has 0 amide bonds. The molecule has 3 heteroatoms. The summed E-state index contributed by atoms with van der Waals surface area (Å²) in [7, 11) is 0. The first-order chi connectivity index (χ1) is 9.63. The number of anilines is 1. The van der Waals surface area contributed by atoms with Gasteiger partial charge in [0.25, 0.3) is 0 Å². The fourth-order valence-corrected chi connectivity index (χ4v) is 3.05. The van der Waals surface area contributed by atoms with Gasteiger partial charge in [0.05, 0.1) is 0 Å². The van der Waals surface area contributed by atoms with Gasteiger partial charge in [-0.1, -0.05) is 19.4 Å². The molecule has 1 saturated heterocycles. The Hall–Kier alpha value is -1.09. The van der Waals surface area contributed by atoms with Crippen molar-refractivity contribution in [2.24, 2.45) is 0 Å². The summed E-state index contributed by atoms with van der Waals surface area (Å²) in [5.74, 6) is 1.08. The van der Waals surface area contributed by atoms with Crippen molar-refractivity contribution in [3.8, 4) is 0 Å². The summed E-state index contributed by atoms with van der Waals surface area (Å²) < 4.78 is 0. The number of hydrogen-bond acceptors (Lipinski definition) is 3. The van der Waals surface area contributed by atoms with Gasteiger partial charge >= 0.3 is 0 Å². The maximum atomic E-state index is 4.60. The highest BCUT2D eigenvalue weighted by Gasteiger charge is 2.28. The van der Waals surface area contributed by atoms with Gasteiger partial charge in [0.1, 0.15) is 5.82 Å². The van der Waals surface area contributed by atoms with E-state index in [1.54, 1.807) is 0 Å². The molecule has 20 heavy (non-hydrogen) atoms. The lowest BCUT2D eigenvalue weighted by atomic mass is 9.94. The molecule has 1 fully saturated rings. The molecule has 1 aliphatic rings. The number of piperidine rings is 1. The van der Waals surface area contributed by atoms with Crippen molar-refractivity contribution in [2.45, 2.75) is 71.5 Å². The number of rotatable bonds is 5. The first kappa shape index (κ1) is 15.3. The predicted octanol–water partition coefficient (Wildman–Crippen LogP) is 4.23. The van der Waals surface area contributed by atoms with E-state index in [9.17, 15) is 0 Å². The molecule has 112 valence electrons. The van der Waals surface area contributed by atoms with Gasteiger partial charge in [0.2, 0.25) is 0 Å². The Labute approximate surface area is 123 Å². The molecule has 3 nitrogen and oxygen atoms in total. The Bertz CT molecular complexity index is 416. The van der Waals surface area contributed by atoms with Crippen LogP contribution in [0.2, 0.25) is 0 Å². The van der Waals surface area contributed by atoms with Crippen LogP contribution in [0.5, 0.6) is 0 Å². The molecule has 0 bridgehead atoms. The van der Waals surface area contributed by atoms with Gasteiger partial charge in [-0.15, -0.1) is 0 Å². The highest BCUT2D eigenvalue weighted by molar-refractivity contribution is 5.46. The zero-order chi connectivity index (χ0) is 14.5. The number of aromatic nitrogens is 1. The van der Waals surface area contributed by atoms with E-state index in [-0.39, 0.29) is 0 Å². The summed E-state index contributed by atoms with van der Waals surface area (Å²) in [4.78, 5) is 7.23. The second-order valence-electron chi connectivity index (χ2n) is 6.24. The molecule has 0 saturated carbocycles. The van der Waals surface area contributed by atoms with Gasteiger partial charge in [-0.3, -0.25) is 4.90 Å². The van der Waals surface area contributed by atoms with Crippen LogP contribution in [0.3, 0.4) is 0 Å². The van der Waals surface area contributed by atoms with Crippen molar-refractivity contribution in [1.82, 2.24) is 9.88 Å². The van der Waals surface area contributed by atoms with Gasteiger partial charge in [0.15, 0.2) is 0 Å². The van der Waals surface area contributed by atoms with Crippen LogP contribution in [-0.4, -0.2) is 28.5 Å². The van der Waals surface area contributed by atoms with Gasteiger partial charge < -0.3 is 5.32 Å². The molecule has 1 aliphatic heterocycles. The first-order valence-electron chi connectivity index (χ1n) is 8.10. The Morgan fingerprint density at radius 2 is 2.15 bits per heavy atom. The quantitative estimate of drug-likeness (QED) is 0.871. The summed E-state index contributed by atoms with van der Waals surface area (Å²) in [6.07, 6.45) is 6.92. The van der Waals surface area contributed by atoms with E-state index < -0.39 is 0 Å². The second-order valence-corrected chi connectivity index (χ2v) is 6.24. The standard InChI is InChI=1S/C17H29N3/c1-5-14(4)19-17-15(9-8-11-18-17)16-10-6-7-12-20(16)13(2)3/h8-9,11,13-14,16H,5-7,10,12H2,1-4H3,(H,18,19)/t14-,16+/m0/s1. The van der Waals surface area contributed by atoms with E-state index in [1.165, 1.54) is 31.4 Å². The highest BCUT2D eigenvalue weighted by atomic mass is 15.2. The molecule has 1 aromatic heterocycles. The van der Waals surface area contributed by atoms with Crippen molar-refractivity contribution >= 4 is 5.82 Å². The molecular weight excluding hydrogens is 246 g/mol. The van der Waals surface area contributed by atoms with E-state index in [1.807, 2.05) is 6.20 Å². The molecule has 2 atom stereocenters.